The van der Waals surface area contributed by atoms with E-state index in [0.29, 0.717) is 0 Å². The van der Waals surface area contributed by atoms with Gasteiger partial charge in [-0.3, -0.25) is 11.8 Å². The summed E-state index contributed by atoms with van der Waals surface area (Å²) in [6.45, 7) is 1.90. The normalized spacial score (nSPS) is 20.9. The summed E-state index contributed by atoms with van der Waals surface area (Å²) in [7, 11) is 7.48. The SMILES string of the molecule is [CH2-]N1CCC(C(=O)N(C)C)CC1. The van der Waals surface area contributed by atoms with E-state index in [0.717, 1.165) is 25.9 Å². The molecule has 3 nitrogen and oxygen atoms in total. The third kappa shape index (κ3) is 2.21. The van der Waals surface area contributed by atoms with Gasteiger partial charge in [-0.05, 0) is 25.9 Å². The zero-order chi connectivity index (χ0) is 9.14. The predicted octanol–water partition coefficient (Wildman–Crippen LogP) is 0.578. The van der Waals surface area contributed by atoms with E-state index in [1.165, 1.54) is 0 Å². The molecule has 0 aromatic rings. The average Bonchev–Trinajstić information content (AvgIpc) is 2.04. The lowest BCUT2D eigenvalue weighted by Gasteiger charge is -2.34. The van der Waals surface area contributed by atoms with Crippen LogP contribution < -0.4 is 0 Å². The molecular weight excluding hydrogens is 152 g/mol. The van der Waals surface area contributed by atoms with E-state index < -0.39 is 0 Å². The standard InChI is InChI=1S/C9H17N2O/c1-10(2)9(12)8-4-6-11(3)7-5-8/h8H,3-7H2,1-2H3/q-1. The minimum absolute atomic E-state index is 0.234. The van der Waals surface area contributed by atoms with Gasteiger partial charge in [-0.1, -0.05) is 0 Å². The smallest absolute Gasteiger partial charge is 0.225 e. The molecule has 1 heterocycles. The van der Waals surface area contributed by atoms with Crippen molar-refractivity contribution in [3.63, 3.8) is 0 Å². The molecule has 12 heavy (non-hydrogen) atoms. The summed E-state index contributed by atoms with van der Waals surface area (Å²) in [5.41, 5.74) is 0. The Morgan fingerprint density at radius 3 is 2.33 bits per heavy atom. The van der Waals surface area contributed by atoms with Crippen LogP contribution in [0.25, 0.3) is 0 Å². The van der Waals surface area contributed by atoms with Gasteiger partial charge < -0.3 is 9.80 Å². The number of carbonyl (C=O) groups excluding carboxylic acids is 1. The number of likely N-dealkylation sites (tertiary alicyclic amines) is 1. The monoisotopic (exact) mass is 169 g/mol. The van der Waals surface area contributed by atoms with Gasteiger partial charge in [-0.25, -0.2) is 0 Å². The van der Waals surface area contributed by atoms with Crippen molar-refractivity contribution in [1.82, 2.24) is 9.80 Å². The highest BCUT2D eigenvalue weighted by Gasteiger charge is 2.22. The second-order valence-corrected chi connectivity index (χ2v) is 3.62. The molecule has 1 saturated heterocycles. The molecule has 3 heteroatoms. The summed E-state index contributed by atoms with van der Waals surface area (Å²) in [4.78, 5) is 15.2. The van der Waals surface area contributed by atoms with Crippen molar-refractivity contribution in [2.75, 3.05) is 27.2 Å². The second-order valence-electron chi connectivity index (χ2n) is 3.62. The summed E-state index contributed by atoms with van der Waals surface area (Å²) < 4.78 is 0. The van der Waals surface area contributed by atoms with Crippen molar-refractivity contribution in [3.8, 4) is 0 Å². The van der Waals surface area contributed by atoms with Crippen LogP contribution in [0.15, 0.2) is 0 Å². The Hall–Kier alpha value is -0.570. The van der Waals surface area contributed by atoms with Gasteiger partial charge in [0.25, 0.3) is 0 Å². The zero-order valence-corrected chi connectivity index (χ0v) is 7.92. The van der Waals surface area contributed by atoms with Crippen molar-refractivity contribution in [1.29, 1.82) is 0 Å². The van der Waals surface area contributed by atoms with Gasteiger partial charge >= 0.3 is 0 Å². The van der Waals surface area contributed by atoms with E-state index in [9.17, 15) is 4.79 Å². The maximum Gasteiger partial charge on any atom is 0.225 e. The summed E-state index contributed by atoms with van der Waals surface area (Å²) >= 11 is 0. The molecular formula is C9H17N2O-. The Morgan fingerprint density at radius 2 is 1.92 bits per heavy atom. The number of amides is 1. The molecule has 0 aliphatic carbocycles. The summed E-state index contributed by atoms with van der Waals surface area (Å²) in [6, 6.07) is 0. The van der Waals surface area contributed by atoms with Gasteiger partial charge in [0.1, 0.15) is 0 Å². The largest absolute Gasteiger partial charge is 0.459 e. The lowest BCUT2D eigenvalue weighted by Crippen LogP contribution is -2.37. The molecule has 0 unspecified atom stereocenters. The molecule has 0 aromatic carbocycles. The van der Waals surface area contributed by atoms with Crippen LogP contribution in [0.5, 0.6) is 0 Å². The molecule has 0 atom stereocenters. The maximum absolute atomic E-state index is 11.5. The van der Waals surface area contributed by atoms with Crippen LogP contribution in [-0.2, 0) is 4.79 Å². The number of piperidine rings is 1. The van der Waals surface area contributed by atoms with Gasteiger partial charge in [-0.2, -0.15) is 0 Å². The number of rotatable bonds is 1. The average molecular weight is 169 g/mol. The number of carbonyl (C=O) groups is 1. The first-order valence-corrected chi connectivity index (χ1v) is 4.38. The molecule has 1 amide bonds. The minimum Gasteiger partial charge on any atom is -0.459 e. The maximum atomic E-state index is 11.5. The lowest BCUT2D eigenvalue weighted by atomic mass is 9.96. The van der Waals surface area contributed by atoms with Crippen molar-refractivity contribution < 1.29 is 4.79 Å². The van der Waals surface area contributed by atoms with Crippen LogP contribution in [0.3, 0.4) is 0 Å². The minimum atomic E-state index is 0.234. The van der Waals surface area contributed by atoms with Gasteiger partial charge in [0.05, 0.1) is 0 Å². The first-order chi connectivity index (χ1) is 5.61. The Balaban J connectivity index is 2.39. The third-order valence-electron chi connectivity index (χ3n) is 2.38. The lowest BCUT2D eigenvalue weighted by molar-refractivity contribution is -0.134. The molecule has 1 aliphatic rings. The predicted molar refractivity (Wildman–Crippen MR) is 48.3 cm³/mol. The Bertz CT molecular complexity index is 160. The quantitative estimate of drug-likeness (QED) is 0.536. The Kier molecular flexibility index (Phi) is 3.09. The molecule has 1 rings (SSSR count). The molecule has 0 saturated carbocycles. The third-order valence-corrected chi connectivity index (χ3v) is 2.38. The number of nitrogens with zero attached hydrogens (tertiary/aromatic N) is 2. The van der Waals surface area contributed by atoms with E-state index in [2.05, 4.69) is 7.05 Å². The fraction of sp³-hybridized carbons (Fsp3) is 0.778. The summed E-state index contributed by atoms with van der Waals surface area (Å²) in [6.07, 6.45) is 1.92. The van der Waals surface area contributed by atoms with Crippen molar-refractivity contribution in [3.05, 3.63) is 7.05 Å². The van der Waals surface area contributed by atoms with Crippen LogP contribution in [0, 0.1) is 13.0 Å². The van der Waals surface area contributed by atoms with Gasteiger partial charge in [-0.15, -0.1) is 0 Å². The van der Waals surface area contributed by atoms with Crippen LogP contribution in [0.2, 0.25) is 0 Å². The van der Waals surface area contributed by atoms with Crippen LogP contribution in [0.1, 0.15) is 12.8 Å². The van der Waals surface area contributed by atoms with E-state index in [1.807, 2.05) is 19.0 Å². The molecule has 1 aliphatic heterocycles. The van der Waals surface area contributed by atoms with Crippen LogP contribution in [0.4, 0.5) is 0 Å². The first-order valence-electron chi connectivity index (χ1n) is 4.38. The van der Waals surface area contributed by atoms with Crippen molar-refractivity contribution in [2.24, 2.45) is 5.92 Å². The number of hydrogen-bond donors (Lipinski definition) is 0. The summed E-state index contributed by atoms with van der Waals surface area (Å²) in [5, 5.41) is 0. The van der Waals surface area contributed by atoms with E-state index in [-0.39, 0.29) is 11.8 Å². The molecule has 0 aromatic heterocycles. The fourth-order valence-corrected chi connectivity index (χ4v) is 1.55. The molecule has 0 spiro atoms. The van der Waals surface area contributed by atoms with E-state index >= 15 is 0 Å². The van der Waals surface area contributed by atoms with Gasteiger partial charge in [0.2, 0.25) is 5.91 Å². The van der Waals surface area contributed by atoms with E-state index in [4.69, 9.17) is 0 Å². The fourth-order valence-electron chi connectivity index (χ4n) is 1.55. The molecule has 0 N–H and O–H groups in total. The highest BCUT2D eigenvalue weighted by atomic mass is 16.2. The van der Waals surface area contributed by atoms with Crippen molar-refractivity contribution in [2.45, 2.75) is 12.8 Å². The van der Waals surface area contributed by atoms with Crippen LogP contribution in [-0.4, -0.2) is 42.9 Å². The van der Waals surface area contributed by atoms with E-state index in [1.54, 1.807) is 4.90 Å². The second kappa shape index (κ2) is 3.90. The first kappa shape index (κ1) is 9.52. The van der Waals surface area contributed by atoms with Crippen molar-refractivity contribution >= 4 is 5.91 Å². The highest BCUT2D eigenvalue weighted by molar-refractivity contribution is 5.78. The molecule has 0 radical (unpaired) electrons. The Morgan fingerprint density at radius 1 is 1.42 bits per heavy atom. The number of hydrogen-bond acceptors (Lipinski definition) is 2. The van der Waals surface area contributed by atoms with Crippen LogP contribution >= 0.6 is 0 Å². The van der Waals surface area contributed by atoms with Gasteiger partial charge in [0.15, 0.2) is 0 Å². The topological polar surface area (TPSA) is 23.6 Å². The van der Waals surface area contributed by atoms with Gasteiger partial charge in [0, 0.05) is 20.0 Å². The molecule has 0 bridgehead atoms. The molecule has 70 valence electrons. The zero-order valence-electron chi connectivity index (χ0n) is 7.92. The highest BCUT2D eigenvalue weighted by Crippen LogP contribution is 2.17. The summed E-state index contributed by atoms with van der Waals surface area (Å²) in [5.74, 6) is 0.501. The molecule has 1 fully saturated rings. The Labute approximate surface area is 74.3 Å².